The van der Waals surface area contributed by atoms with Gasteiger partial charge >= 0.3 is 5.97 Å². The first-order valence-electron chi connectivity index (χ1n) is 4.40. The zero-order valence-electron chi connectivity index (χ0n) is 7.87. The Labute approximate surface area is 73.0 Å². The highest BCUT2D eigenvalue weighted by Crippen LogP contribution is 2.21. The number of carbonyl (C=O) groups is 1. The molecule has 0 amide bonds. The van der Waals surface area contributed by atoms with Crippen LogP contribution in [0.25, 0.3) is 0 Å². The predicted octanol–water partition coefficient (Wildman–Crippen LogP) is 1.51. The van der Waals surface area contributed by atoms with Crippen LogP contribution in [-0.2, 0) is 14.3 Å². The van der Waals surface area contributed by atoms with Crippen molar-refractivity contribution >= 4 is 5.97 Å². The van der Waals surface area contributed by atoms with Crippen molar-refractivity contribution in [2.24, 2.45) is 0 Å². The van der Waals surface area contributed by atoms with Gasteiger partial charge in [0, 0.05) is 19.8 Å². The van der Waals surface area contributed by atoms with Gasteiger partial charge in [0.2, 0.25) is 0 Å². The first-order valence-corrected chi connectivity index (χ1v) is 4.40. The summed E-state index contributed by atoms with van der Waals surface area (Å²) in [6, 6.07) is 0. The third kappa shape index (κ3) is 2.81. The Balaban J connectivity index is 2.38. The van der Waals surface area contributed by atoms with E-state index in [4.69, 9.17) is 9.47 Å². The summed E-state index contributed by atoms with van der Waals surface area (Å²) in [5.74, 6) is -0.193. The van der Waals surface area contributed by atoms with Crippen molar-refractivity contribution in [2.45, 2.75) is 51.9 Å². The van der Waals surface area contributed by atoms with Gasteiger partial charge in [0.05, 0.1) is 12.2 Å². The molecule has 12 heavy (non-hydrogen) atoms. The van der Waals surface area contributed by atoms with Crippen LogP contribution in [0.15, 0.2) is 0 Å². The van der Waals surface area contributed by atoms with Crippen LogP contribution < -0.4 is 0 Å². The molecule has 1 aliphatic heterocycles. The lowest BCUT2D eigenvalue weighted by molar-refractivity contribution is -0.157. The van der Waals surface area contributed by atoms with Crippen molar-refractivity contribution in [1.82, 2.24) is 0 Å². The molecule has 70 valence electrons. The Morgan fingerprint density at radius 3 is 2.25 bits per heavy atom. The molecule has 1 heterocycles. The highest BCUT2D eigenvalue weighted by molar-refractivity contribution is 5.66. The summed E-state index contributed by atoms with van der Waals surface area (Å²) in [4.78, 5) is 10.7. The van der Waals surface area contributed by atoms with Crippen LogP contribution in [0, 0.1) is 0 Å². The van der Waals surface area contributed by atoms with Crippen LogP contribution in [0.1, 0.15) is 33.6 Å². The van der Waals surface area contributed by atoms with Crippen LogP contribution in [0.4, 0.5) is 0 Å². The zero-order valence-corrected chi connectivity index (χ0v) is 7.87. The van der Waals surface area contributed by atoms with E-state index in [9.17, 15) is 4.79 Å². The van der Waals surface area contributed by atoms with Crippen molar-refractivity contribution in [3.63, 3.8) is 0 Å². The number of hydrogen-bond donors (Lipinski definition) is 0. The molecular formula is C9H16O3. The highest BCUT2D eigenvalue weighted by atomic mass is 16.6. The lowest BCUT2D eigenvalue weighted by Crippen LogP contribution is -2.34. The molecule has 0 spiro atoms. The SMILES string of the molecule is CC(=O)OC1CC(C)OC(C)C1. The van der Waals surface area contributed by atoms with Gasteiger partial charge in [-0.3, -0.25) is 4.79 Å². The van der Waals surface area contributed by atoms with Crippen LogP contribution in [-0.4, -0.2) is 24.3 Å². The van der Waals surface area contributed by atoms with Gasteiger partial charge in [0.15, 0.2) is 0 Å². The Kier molecular flexibility index (Phi) is 3.09. The number of esters is 1. The molecular weight excluding hydrogens is 156 g/mol. The molecule has 3 heteroatoms. The molecule has 2 unspecified atom stereocenters. The maximum atomic E-state index is 10.7. The van der Waals surface area contributed by atoms with Crippen molar-refractivity contribution in [3.05, 3.63) is 0 Å². The van der Waals surface area contributed by atoms with E-state index in [1.807, 2.05) is 13.8 Å². The van der Waals surface area contributed by atoms with Crippen LogP contribution in [0.2, 0.25) is 0 Å². The molecule has 0 saturated carbocycles. The van der Waals surface area contributed by atoms with Gasteiger partial charge in [-0.05, 0) is 13.8 Å². The van der Waals surface area contributed by atoms with Gasteiger partial charge in [-0.1, -0.05) is 0 Å². The summed E-state index contributed by atoms with van der Waals surface area (Å²) in [6.07, 6.45) is 2.12. The molecule has 0 aromatic heterocycles. The highest BCUT2D eigenvalue weighted by Gasteiger charge is 2.26. The van der Waals surface area contributed by atoms with Gasteiger partial charge in [-0.15, -0.1) is 0 Å². The largest absolute Gasteiger partial charge is 0.462 e. The lowest BCUT2D eigenvalue weighted by Gasteiger charge is -2.31. The van der Waals surface area contributed by atoms with Gasteiger partial charge in [-0.25, -0.2) is 0 Å². The third-order valence-electron chi connectivity index (χ3n) is 1.99. The Morgan fingerprint density at radius 2 is 1.83 bits per heavy atom. The molecule has 1 rings (SSSR count). The Morgan fingerprint density at radius 1 is 1.33 bits per heavy atom. The van der Waals surface area contributed by atoms with E-state index in [2.05, 4.69) is 0 Å². The van der Waals surface area contributed by atoms with Crippen molar-refractivity contribution < 1.29 is 14.3 Å². The van der Waals surface area contributed by atoms with Crippen molar-refractivity contribution in [1.29, 1.82) is 0 Å². The minimum absolute atomic E-state index is 0.0567. The van der Waals surface area contributed by atoms with E-state index in [1.54, 1.807) is 0 Å². The van der Waals surface area contributed by atoms with E-state index in [0.717, 1.165) is 12.8 Å². The van der Waals surface area contributed by atoms with Crippen LogP contribution in [0.3, 0.4) is 0 Å². The molecule has 1 fully saturated rings. The van der Waals surface area contributed by atoms with E-state index >= 15 is 0 Å². The predicted molar refractivity (Wildman–Crippen MR) is 44.8 cm³/mol. The molecule has 1 saturated heterocycles. The maximum absolute atomic E-state index is 10.7. The quantitative estimate of drug-likeness (QED) is 0.562. The topological polar surface area (TPSA) is 35.5 Å². The summed E-state index contributed by atoms with van der Waals surface area (Å²) >= 11 is 0. The standard InChI is InChI=1S/C9H16O3/c1-6-4-9(12-8(3)10)5-7(2)11-6/h6-7,9H,4-5H2,1-3H3. The fraction of sp³-hybridized carbons (Fsp3) is 0.889. The monoisotopic (exact) mass is 172 g/mol. The van der Waals surface area contributed by atoms with E-state index in [-0.39, 0.29) is 24.3 Å². The summed E-state index contributed by atoms with van der Waals surface area (Å²) in [5.41, 5.74) is 0. The summed E-state index contributed by atoms with van der Waals surface area (Å²) < 4.78 is 10.6. The second kappa shape index (κ2) is 3.90. The van der Waals surface area contributed by atoms with Crippen molar-refractivity contribution in [2.75, 3.05) is 0 Å². The molecule has 3 nitrogen and oxygen atoms in total. The lowest BCUT2D eigenvalue weighted by atomic mass is 10.0. The van der Waals surface area contributed by atoms with Gasteiger partial charge < -0.3 is 9.47 Å². The average molecular weight is 172 g/mol. The van der Waals surface area contributed by atoms with E-state index < -0.39 is 0 Å². The minimum atomic E-state index is -0.193. The average Bonchev–Trinajstić information content (AvgIpc) is 1.81. The number of hydrogen-bond acceptors (Lipinski definition) is 3. The molecule has 0 bridgehead atoms. The van der Waals surface area contributed by atoms with Gasteiger partial charge in [0.25, 0.3) is 0 Å². The molecule has 2 atom stereocenters. The zero-order chi connectivity index (χ0) is 9.14. The van der Waals surface area contributed by atoms with Crippen LogP contribution in [0.5, 0.6) is 0 Å². The first-order chi connectivity index (χ1) is 5.58. The molecule has 0 aromatic rings. The summed E-state index contributed by atoms with van der Waals surface area (Å²) in [6.45, 7) is 5.46. The van der Waals surface area contributed by atoms with Crippen LogP contribution >= 0.6 is 0 Å². The fourth-order valence-electron chi connectivity index (χ4n) is 1.68. The van der Waals surface area contributed by atoms with E-state index in [1.165, 1.54) is 6.92 Å². The number of rotatable bonds is 1. The first kappa shape index (κ1) is 9.52. The molecule has 0 aliphatic carbocycles. The Hall–Kier alpha value is -0.570. The van der Waals surface area contributed by atoms with E-state index in [0.29, 0.717) is 0 Å². The van der Waals surface area contributed by atoms with Gasteiger partial charge in [-0.2, -0.15) is 0 Å². The molecule has 0 N–H and O–H groups in total. The molecule has 1 aliphatic rings. The second-order valence-corrected chi connectivity index (χ2v) is 3.46. The summed E-state index contributed by atoms with van der Waals surface area (Å²) in [7, 11) is 0. The Bertz CT molecular complexity index is 157. The minimum Gasteiger partial charge on any atom is -0.462 e. The normalized spacial score (nSPS) is 36.1. The maximum Gasteiger partial charge on any atom is 0.302 e. The second-order valence-electron chi connectivity index (χ2n) is 3.46. The fourth-order valence-corrected chi connectivity index (χ4v) is 1.68. The van der Waals surface area contributed by atoms with Gasteiger partial charge in [0.1, 0.15) is 6.10 Å². The molecule has 0 radical (unpaired) electrons. The smallest absolute Gasteiger partial charge is 0.302 e. The molecule has 0 aromatic carbocycles. The van der Waals surface area contributed by atoms with Crippen molar-refractivity contribution in [3.8, 4) is 0 Å². The third-order valence-corrected chi connectivity index (χ3v) is 1.99. The number of ether oxygens (including phenoxy) is 2. The number of carbonyl (C=O) groups excluding carboxylic acids is 1. The summed E-state index contributed by atoms with van der Waals surface area (Å²) in [5, 5.41) is 0.